The Balaban J connectivity index is 1.51. The fourth-order valence-electron chi connectivity index (χ4n) is 3.65. The molecule has 0 aliphatic carbocycles. The summed E-state index contributed by atoms with van der Waals surface area (Å²) in [5, 5.41) is 12.6. The van der Waals surface area contributed by atoms with Gasteiger partial charge in [-0.25, -0.2) is 4.98 Å². The van der Waals surface area contributed by atoms with Crippen molar-refractivity contribution >= 4 is 17.4 Å². The van der Waals surface area contributed by atoms with Gasteiger partial charge in [0, 0.05) is 24.2 Å². The zero-order chi connectivity index (χ0) is 21.6. The number of hydrogen-bond acceptors (Lipinski definition) is 6. The Hall–Kier alpha value is -3.42. The van der Waals surface area contributed by atoms with Gasteiger partial charge in [-0.05, 0) is 29.3 Å². The zero-order valence-electron chi connectivity index (χ0n) is 17.2. The summed E-state index contributed by atoms with van der Waals surface area (Å²) in [6, 6.07) is 18.2. The van der Waals surface area contributed by atoms with Crippen molar-refractivity contribution in [3.8, 4) is 11.1 Å². The largest absolute Gasteiger partial charge is 0.394 e. The third-order valence-electron chi connectivity index (χ3n) is 5.43. The van der Waals surface area contributed by atoms with Gasteiger partial charge in [0.15, 0.2) is 0 Å². The van der Waals surface area contributed by atoms with Gasteiger partial charge in [0.25, 0.3) is 5.91 Å². The predicted octanol–water partition coefficient (Wildman–Crippen LogP) is 2.63. The molecule has 3 aromatic rings. The van der Waals surface area contributed by atoms with E-state index < -0.39 is 6.04 Å². The molecule has 1 atom stereocenters. The summed E-state index contributed by atoms with van der Waals surface area (Å²) in [6.07, 6.45) is 1.78. The highest BCUT2D eigenvalue weighted by Gasteiger charge is 2.16. The van der Waals surface area contributed by atoms with E-state index in [0.717, 1.165) is 35.5 Å². The number of aliphatic hydroxyl groups excluding tert-OH is 1. The Bertz CT molecular complexity index is 1020. The first-order chi connectivity index (χ1) is 15.2. The second kappa shape index (κ2) is 9.59. The Morgan fingerprint density at radius 1 is 1.13 bits per heavy atom. The lowest BCUT2D eigenvalue weighted by Gasteiger charge is -2.29. The first kappa shape index (κ1) is 20.8. The van der Waals surface area contributed by atoms with Crippen LogP contribution in [0, 0.1) is 0 Å². The fraction of sp³-hybridized carbons (Fsp3) is 0.250. The number of benzene rings is 2. The number of carbonyl (C=O) groups excluding carboxylic acids is 1. The van der Waals surface area contributed by atoms with E-state index >= 15 is 0 Å². The average Bonchev–Trinajstić information content (AvgIpc) is 2.84. The summed E-state index contributed by atoms with van der Waals surface area (Å²) in [5.41, 5.74) is 10.2. The van der Waals surface area contributed by atoms with Gasteiger partial charge in [-0.1, -0.05) is 42.5 Å². The predicted molar refractivity (Wildman–Crippen MR) is 121 cm³/mol. The minimum Gasteiger partial charge on any atom is -0.394 e. The molecule has 0 bridgehead atoms. The Morgan fingerprint density at radius 3 is 2.52 bits per heavy atom. The molecule has 0 saturated carbocycles. The second-order valence-electron chi connectivity index (χ2n) is 7.42. The minimum atomic E-state index is -0.460. The molecule has 31 heavy (non-hydrogen) atoms. The lowest BCUT2D eigenvalue weighted by atomic mass is 10.0. The maximum absolute atomic E-state index is 12.7. The average molecular weight is 418 g/mol. The molecule has 0 unspecified atom stereocenters. The number of nitrogens with zero attached hydrogens (tertiary/aromatic N) is 2. The van der Waals surface area contributed by atoms with Gasteiger partial charge >= 0.3 is 0 Å². The van der Waals surface area contributed by atoms with Gasteiger partial charge in [-0.3, -0.25) is 4.79 Å². The molecule has 7 heteroatoms. The highest BCUT2D eigenvalue weighted by atomic mass is 16.5. The lowest BCUT2D eigenvalue weighted by molar-refractivity contribution is 0.0916. The highest BCUT2D eigenvalue weighted by molar-refractivity contribution is 5.95. The van der Waals surface area contributed by atoms with E-state index in [-0.39, 0.29) is 12.5 Å². The number of nitrogen functional groups attached to an aromatic ring is 1. The number of pyridine rings is 1. The Morgan fingerprint density at radius 2 is 1.84 bits per heavy atom. The lowest BCUT2D eigenvalue weighted by Crippen LogP contribution is -2.36. The van der Waals surface area contributed by atoms with Crippen LogP contribution in [0.25, 0.3) is 11.1 Å². The normalized spacial score (nSPS) is 14.8. The van der Waals surface area contributed by atoms with E-state index in [9.17, 15) is 9.90 Å². The van der Waals surface area contributed by atoms with Crippen molar-refractivity contribution in [3.05, 3.63) is 78.0 Å². The number of aliphatic hydroxyl groups is 1. The van der Waals surface area contributed by atoms with Crippen molar-refractivity contribution in [2.45, 2.75) is 6.04 Å². The van der Waals surface area contributed by atoms with Crippen LogP contribution >= 0.6 is 0 Å². The summed E-state index contributed by atoms with van der Waals surface area (Å²) in [6.45, 7) is 2.85. The van der Waals surface area contributed by atoms with Gasteiger partial charge in [-0.15, -0.1) is 0 Å². The molecule has 7 nitrogen and oxygen atoms in total. The van der Waals surface area contributed by atoms with Crippen LogP contribution in [0.5, 0.6) is 0 Å². The molecule has 0 radical (unpaired) electrons. The molecule has 0 spiro atoms. The van der Waals surface area contributed by atoms with Crippen molar-refractivity contribution < 1.29 is 14.6 Å². The molecule has 4 rings (SSSR count). The molecule has 1 saturated heterocycles. The first-order valence-electron chi connectivity index (χ1n) is 10.3. The molecule has 1 aliphatic heterocycles. The molecule has 160 valence electrons. The summed E-state index contributed by atoms with van der Waals surface area (Å²) in [7, 11) is 0. The highest BCUT2D eigenvalue weighted by Crippen LogP contribution is 2.29. The second-order valence-corrected chi connectivity index (χ2v) is 7.42. The van der Waals surface area contributed by atoms with Crippen LogP contribution in [0.4, 0.5) is 11.5 Å². The van der Waals surface area contributed by atoms with Crippen molar-refractivity contribution in [2.24, 2.45) is 0 Å². The molecule has 4 N–H and O–H groups in total. The summed E-state index contributed by atoms with van der Waals surface area (Å²) in [5.74, 6) is 0.196. The third kappa shape index (κ3) is 4.84. The molecule has 1 fully saturated rings. The number of aromatic nitrogens is 1. The number of anilines is 2. The van der Waals surface area contributed by atoms with E-state index in [4.69, 9.17) is 10.5 Å². The van der Waals surface area contributed by atoms with Crippen molar-refractivity contribution in [3.63, 3.8) is 0 Å². The van der Waals surface area contributed by atoms with Crippen LogP contribution in [0.15, 0.2) is 66.9 Å². The monoisotopic (exact) mass is 418 g/mol. The van der Waals surface area contributed by atoms with Crippen molar-refractivity contribution in [2.75, 3.05) is 43.5 Å². The standard InChI is InChI=1S/C24H26N4O3/c25-23-21(14-20(15-26-23)28-10-12-31-13-11-28)17-6-8-19(9-7-17)24(30)27-22(16-29)18-4-2-1-3-5-18/h1-9,14-15,22,29H,10-13,16H2,(H2,25,26)(H,27,30)/t22-/m1/s1. The first-order valence-corrected chi connectivity index (χ1v) is 10.3. The summed E-state index contributed by atoms with van der Waals surface area (Å²) >= 11 is 0. The number of nitrogens with one attached hydrogen (secondary N) is 1. The maximum atomic E-state index is 12.7. The zero-order valence-corrected chi connectivity index (χ0v) is 17.2. The van der Waals surface area contributed by atoms with E-state index in [2.05, 4.69) is 15.2 Å². The molecule has 2 heterocycles. The number of nitrogens with two attached hydrogens (primary N) is 1. The van der Waals surface area contributed by atoms with Gasteiger partial charge in [0.05, 0.1) is 37.7 Å². The number of carbonyl (C=O) groups is 1. The molecular weight excluding hydrogens is 392 g/mol. The Kier molecular flexibility index (Phi) is 6.45. The number of rotatable bonds is 6. The van der Waals surface area contributed by atoms with Crippen molar-refractivity contribution in [1.29, 1.82) is 0 Å². The molecule has 1 aromatic heterocycles. The van der Waals surface area contributed by atoms with Crippen LogP contribution < -0.4 is 16.0 Å². The van der Waals surface area contributed by atoms with E-state index in [0.29, 0.717) is 24.6 Å². The quantitative estimate of drug-likeness (QED) is 0.569. The molecular formula is C24H26N4O3. The van der Waals surface area contributed by atoms with Gasteiger partial charge in [-0.2, -0.15) is 0 Å². The van der Waals surface area contributed by atoms with Crippen LogP contribution in [0.2, 0.25) is 0 Å². The summed E-state index contributed by atoms with van der Waals surface area (Å²) < 4.78 is 5.42. The number of morpholine rings is 1. The number of ether oxygens (including phenoxy) is 1. The van der Waals surface area contributed by atoms with Crippen molar-refractivity contribution in [1.82, 2.24) is 10.3 Å². The molecule has 1 amide bonds. The SMILES string of the molecule is Nc1ncc(N2CCOCC2)cc1-c1ccc(C(=O)N[C@H](CO)c2ccccc2)cc1. The topological polar surface area (TPSA) is 101 Å². The number of hydrogen-bond donors (Lipinski definition) is 3. The Labute approximate surface area is 181 Å². The summed E-state index contributed by atoms with van der Waals surface area (Å²) in [4.78, 5) is 19.3. The molecule has 2 aromatic carbocycles. The third-order valence-corrected chi connectivity index (χ3v) is 5.43. The van der Waals surface area contributed by atoms with Gasteiger partial charge in [0.2, 0.25) is 0 Å². The van der Waals surface area contributed by atoms with Gasteiger partial charge in [0.1, 0.15) is 5.82 Å². The minimum absolute atomic E-state index is 0.176. The van der Waals surface area contributed by atoms with E-state index in [1.807, 2.05) is 48.5 Å². The van der Waals surface area contributed by atoms with Crippen LogP contribution in [0.1, 0.15) is 22.0 Å². The number of amides is 1. The van der Waals surface area contributed by atoms with Crippen LogP contribution in [-0.4, -0.2) is 48.9 Å². The smallest absolute Gasteiger partial charge is 0.251 e. The van der Waals surface area contributed by atoms with E-state index in [1.54, 1.807) is 18.3 Å². The van der Waals surface area contributed by atoms with E-state index in [1.165, 1.54) is 0 Å². The maximum Gasteiger partial charge on any atom is 0.251 e. The molecule has 1 aliphatic rings. The van der Waals surface area contributed by atoms with Gasteiger partial charge < -0.3 is 25.8 Å². The van der Waals surface area contributed by atoms with Crippen LogP contribution in [0.3, 0.4) is 0 Å². The fourth-order valence-corrected chi connectivity index (χ4v) is 3.65. The van der Waals surface area contributed by atoms with Crippen LogP contribution in [-0.2, 0) is 4.74 Å².